The Kier molecular flexibility index (Phi) is 4.52. The van der Waals surface area contributed by atoms with Gasteiger partial charge in [-0.25, -0.2) is 16.8 Å². The van der Waals surface area contributed by atoms with Crippen molar-refractivity contribution in [2.24, 2.45) is 0 Å². The molecule has 3 rings (SSSR count). The van der Waals surface area contributed by atoms with Gasteiger partial charge in [0.15, 0.2) is 9.84 Å². The maximum Gasteiger partial charge on any atom is 0.211 e. The SMILES string of the molecule is CC(C)n1cc(CN2CCN(S(C)(=O)=O)[C@@H]3CS(=O)(=O)C[C@@H]32)cn1. The highest BCUT2D eigenvalue weighted by Gasteiger charge is 2.49. The van der Waals surface area contributed by atoms with Crippen LogP contribution in [0.4, 0.5) is 0 Å². The molecular formula is C14H24N4O4S2. The van der Waals surface area contributed by atoms with E-state index in [1.54, 1.807) is 6.20 Å². The van der Waals surface area contributed by atoms with Gasteiger partial charge >= 0.3 is 0 Å². The first-order valence-corrected chi connectivity index (χ1v) is 11.7. The van der Waals surface area contributed by atoms with E-state index >= 15 is 0 Å². The summed E-state index contributed by atoms with van der Waals surface area (Å²) in [5.74, 6) is -0.0749. The van der Waals surface area contributed by atoms with E-state index in [2.05, 4.69) is 10.00 Å². The van der Waals surface area contributed by atoms with Gasteiger partial charge in [0.1, 0.15) is 0 Å². The molecule has 0 bridgehead atoms. The van der Waals surface area contributed by atoms with E-state index in [1.165, 1.54) is 4.31 Å². The van der Waals surface area contributed by atoms with Gasteiger partial charge in [-0.15, -0.1) is 0 Å². The van der Waals surface area contributed by atoms with Crippen molar-refractivity contribution in [2.75, 3.05) is 30.9 Å². The van der Waals surface area contributed by atoms with Crippen molar-refractivity contribution in [3.05, 3.63) is 18.0 Å². The molecule has 3 heterocycles. The lowest BCUT2D eigenvalue weighted by molar-refractivity contribution is 0.0895. The van der Waals surface area contributed by atoms with Crippen LogP contribution >= 0.6 is 0 Å². The van der Waals surface area contributed by atoms with E-state index in [1.807, 2.05) is 24.7 Å². The Balaban J connectivity index is 1.83. The van der Waals surface area contributed by atoms with Gasteiger partial charge in [-0.05, 0) is 13.8 Å². The summed E-state index contributed by atoms with van der Waals surface area (Å²) in [7, 11) is -6.63. The predicted octanol–water partition coefficient (Wildman–Crippen LogP) is -0.293. The lowest BCUT2D eigenvalue weighted by Crippen LogP contribution is -2.59. The molecule has 2 saturated heterocycles. The second-order valence-electron chi connectivity index (χ2n) is 6.98. The highest BCUT2D eigenvalue weighted by atomic mass is 32.2. The largest absolute Gasteiger partial charge is 0.292 e. The lowest BCUT2D eigenvalue weighted by Gasteiger charge is -2.42. The minimum Gasteiger partial charge on any atom is -0.292 e. The van der Waals surface area contributed by atoms with Gasteiger partial charge in [0.05, 0.1) is 30.0 Å². The standard InChI is InChI=1S/C14H24N4O4S2/c1-11(2)17-8-12(6-15-17)7-16-4-5-18(23(3,19)20)14-10-24(21,22)9-13(14)16/h6,8,11,13-14H,4-5,7,9-10H2,1-3H3/t13-,14+/m0/s1. The molecule has 0 amide bonds. The van der Waals surface area contributed by atoms with Gasteiger partial charge in [0.2, 0.25) is 10.0 Å². The average Bonchev–Trinajstić information content (AvgIpc) is 3.00. The minimum absolute atomic E-state index is 0.0159. The Labute approximate surface area is 143 Å². The van der Waals surface area contributed by atoms with Gasteiger partial charge in [0.25, 0.3) is 0 Å². The number of nitrogens with zero attached hydrogens (tertiary/aromatic N) is 4. The lowest BCUT2D eigenvalue weighted by atomic mass is 10.1. The molecule has 8 nitrogen and oxygen atoms in total. The van der Waals surface area contributed by atoms with Gasteiger partial charge in [-0.1, -0.05) is 0 Å². The molecule has 1 aromatic heterocycles. The summed E-state index contributed by atoms with van der Waals surface area (Å²) in [6.45, 7) is 5.52. The molecule has 0 aromatic carbocycles. The molecule has 0 saturated carbocycles. The maximum absolute atomic E-state index is 12.1. The molecule has 10 heteroatoms. The molecule has 0 spiro atoms. The molecule has 0 unspecified atom stereocenters. The maximum atomic E-state index is 12.1. The van der Waals surface area contributed by atoms with Crippen molar-refractivity contribution in [1.29, 1.82) is 0 Å². The number of sulfonamides is 1. The Bertz CT molecular complexity index is 816. The van der Waals surface area contributed by atoms with Crippen LogP contribution in [-0.2, 0) is 26.4 Å². The molecule has 2 fully saturated rings. The molecule has 136 valence electrons. The minimum atomic E-state index is -3.41. The predicted molar refractivity (Wildman–Crippen MR) is 90.8 cm³/mol. The van der Waals surface area contributed by atoms with E-state index in [9.17, 15) is 16.8 Å². The Hall–Kier alpha value is -0.970. The molecule has 0 N–H and O–H groups in total. The van der Waals surface area contributed by atoms with Crippen LogP contribution in [0.15, 0.2) is 12.4 Å². The molecule has 2 aliphatic heterocycles. The summed E-state index contributed by atoms with van der Waals surface area (Å²) in [5, 5.41) is 4.31. The first-order valence-electron chi connectivity index (χ1n) is 8.01. The number of fused-ring (bicyclic) bond motifs is 1. The van der Waals surface area contributed by atoms with E-state index in [4.69, 9.17) is 0 Å². The van der Waals surface area contributed by atoms with Crippen LogP contribution in [0.3, 0.4) is 0 Å². The van der Waals surface area contributed by atoms with E-state index < -0.39 is 25.9 Å². The van der Waals surface area contributed by atoms with Gasteiger partial charge < -0.3 is 0 Å². The Morgan fingerprint density at radius 2 is 1.92 bits per heavy atom. The number of piperazine rings is 1. The molecular weight excluding hydrogens is 352 g/mol. The highest BCUT2D eigenvalue weighted by molar-refractivity contribution is 7.92. The molecule has 0 radical (unpaired) electrons. The zero-order valence-corrected chi connectivity index (χ0v) is 15.8. The number of rotatable bonds is 4. The zero-order chi connectivity index (χ0) is 17.7. The fourth-order valence-electron chi connectivity index (χ4n) is 3.58. The van der Waals surface area contributed by atoms with E-state index in [0.29, 0.717) is 19.6 Å². The Morgan fingerprint density at radius 3 is 2.50 bits per heavy atom. The average molecular weight is 377 g/mol. The summed E-state index contributed by atoms with van der Waals surface area (Å²) in [6.07, 6.45) is 4.91. The van der Waals surface area contributed by atoms with Gasteiger partial charge in [-0.3, -0.25) is 9.58 Å². The first kappa shape index (κ1) is 17.8. The second kappa shape index (κ2) is 6.08. The fourth-order valence-corrected chi connectivity index (χ4v) is 6.80. The van der Waals surface area contributed by atoms with Crippen molar-refractivity contribution in [1.82, 2.24) is 19.0 Å². The quantitative estimate of drug-likeness (QED) is 0.717. The van der Waals surface area contributed by atoms with Crippen LogP contribution in [0.1, 0.15) is 25.5 Å². The number of hydrogen-bond acceptors (Lipinski definition) is 6. The van der Waals surface area contributed by atoms with E-state index in [0.717, 1.165) is 11.8 Å². The summed E-state index contributed by atoms with van der Waals surface area (Å²) < 4.78 is 51.4. The molecule has 2 aliphatic rings. The van der Waals surface area contributed by atoms with Crippen LogP contribution < -0.4 is 0 Å². The third kappa shape index (κ3) is 3.51. The fraction of sp³-hybridized carbons (Fsp3) is 0.786. The number of hydrogen-bond donors (Lipinski definition) is 0. The van der Waals surface area contributed by atoms with Crippen molar-refractivity contribution >= 4 is 19.9 Å². The third-order valence-corrected chi connectivity index (χ3v) is 7.74. The zero-order valence-electron chi connectivity index (χ0n) is 14.2. The summed E-state index contributed by atoms with van der Waals surface area (Å²) in [4.78, 5) is 2.08. The van der Waals surface area contributed by atoms with Crippen LogP contribution in [-0.4, -0.2) is 78.8 Å². The van der Waals surface area contributed by atoms with E-state index in [-0.39, 0.29) is 23.6 Å². The van der Waals surface area contributed by atoms with Crippen molar-refractivity contribution < 1.29 is 16.8 Å². The van der Waals surface area contributed by atoms with Crippen LogP contribution in [0.25, 0.3) is 0 Å². The smallest absolute Gasteiger partial charge is 0.211 e. The van der Waals surface area contributed by atoms with Crippen LogP contribution in [0.2, 0.25) is 0 Å². The van der Waals surface area contributed by atoms with Crippen LogP contribution in [0, 0.1) is 0 Å². The summed E-state index contributed by atoms with van der Waals surface area (Å²) in [6, 6.07) is -0.514. The second-order valence-corrected chi connectivity index (χ2v) is 11.1. The monoisotopic (exact) mass is 376 g/mol. The third-order valence-electron chi connectivity index (χ3n) is 4.74. The molecule has 1 aromatic rings. The summed E-state index contributed by atoms with van der Waals surface area (Å²) in [5.41, 5.74) is 1.01. The molecule has 0 aliphatic carbocycles. The normalized spacial score (nSPS) is 28.3. The molecule has 2 atom stereocenters. The summed E-state index contributed by atoms with van der Waals surface area (Å²) >= 11 is 0. The number of aromatic nitrogens is 2. The van der Waals surface area contributed by atoms with Crippen molar-refractivity contribution in [3.63, 3.8) is 0 Å². The first-order chi connectivity index (χ1) is 11.1. The number of sulfone groups is 1. The highest BCUT2D eigenvalue weighted by Crippen LogP contribution is 2.29. The van der Waals surface area contributed by atoms with Crippen molar-refractivity contribution in [2.45, 2.75) is 38.5 Å². The topological polar surface area (TPSA) is 92.6 Å². The van der Waals surface area contributed by atoms with Gasteiger partial charge in [0, 0.05) is 43.5 Å². The van der Waals surface area contributed by atoms with Crippen LogP contribution in [0.5, 0.6) is 0 Å². The Morgan fingerprint density at radius 1 is 1.25 bits per heavy atom. The molecule has 24 heavy (non-hydrogen) atoms. The van der Waals surface area contributed by atoms with Gasteiger partial charge in [-0.2, -0.15) is 9.40 Å². The van der Waals surface area contributed by atoms with Crippen molar-refractivity contribution in [3.8, 4) is 0 Å².